The summed E-state index contributed by atoms with van der Waals surface area (Å²) < 4.78 is 7.00. The second-order valence-corrected chi connectivity index (χ2v) is 6.69. The summed E-state index contributed by atoms with van der Waals surface area (Å²) in [6.45, 7) is 0.618. The Morgan fingerprint density at radius 1 is 1.04 bits per heavy atom. The zero-order valence-electron chi connectivity index (χ0n) is 14.2. The van der Waals surface area contributed by atoms with Crippen molar-refractivity contribution in [3.8, 4) is 5.75 Å². The Hall–Kier alpha value is -2.93. The van der Waals surface area contributed by atoms with Crippen molar-refractivity contribution < 1.29 is 4.74 Å². The highest BCUT2D eigenvalue weighted by atomic mass is 32.2. The van der Waals surface area contributed by atoms with Gasteiger partial charge < -0.3 is 4.74 Å². The molecular formula is C19H17N5OS. The zero-order chi connectivity index (χ0) is 17.8. The van der Waals surface area contributed by atoms with Crippen LogP contribution in [0.1, 0.15) is 11.1 Å². The topological polar surface area (TPSA) is 65.7 Å². The van der Waals surface area contributed by atoms with E-state index in [1.165, 1.54) is 5.56 Å². The maximum absolute atomic E-state index is 5.19. The Labute approximate surface area is 155 Å². The molecule has 2 aromatic heterocycles. The molecule has 0 radical (unpaired) electrons. The molecule has 130 valence electrons. The van der Waals surface area contributed by atoms with E-state index in [1.54, 1.807) is 18.9 Å². The Kier molecular flexibility index (Phi) is 4.79. The third-order valence-corrected chi connectivity index (χ3v) is 5.07. The maximum atomic E-state index is 5.19. The van der Waals surface area contributed by atoms with Crippen molar-refractivity contribution in [1.82, 2.24) is 25.2 Å². The number of hydrogen-bond acceptors (Lipinski definition) is 6. The van der Waals surface area contributed by atoms with Gasteiger partial charge in [-0.1, -0.05) is 48.2 Å². The highest BCUT2D eigenvalue weighted by Crippen LogP contribution is 2.25. The number of thioether (sulfide) groups is 1. The van der Waals surface area contributed by atoms with Gasteiger partial charge in [-0.15, -0.1) is 5.10 Å². The van der Waals surface area contributed by atoms with Crippen LogP contribution in [0.2, 0.25) is 0 Å². The van der Waals surface area contributed by atoms with Crippen molar-refractivity contribution in [2.45, 2.75) is 17.5 Å². The number of para-hydroxylation sites is 1. The highest BCUT2D eigenvalue weighted by Gasteiger charge is 2.10. The Morgan fingerprint density at radius 3 is 2.73 bits per heavy atom. The number of fused-ring (bicyclic) bond motifs is 1. The van der Waals surface area contributed by atoms with E-state index in [0.29, 0.717) is 6.54 Å². The van der Waals surface area contributed by atoms with Crippen molar-refractivity contribution in [1.29, 1.82) is 0 Å². The molecule has 2 aromatic carbocycles. The summed E-state index contributed by atoms with van der Waals surface area (Å²) in [5.41, 5.74) is 3.32. The van der Waals surface area contributed by atoms with Gasteiger partial charge in [0, 0.05) is 17.3 Å². The molecule has 0 aliphatic rings. The van der Waals surface area contributed by atoms with E-state index in [-0.39, 0.29) is 0 Å². The summed E-state index contributed by atoms with van der Waals surface area (Å²) >= 11 is 1.61. The van der Waals surface area contributed by atoms with E-state index in [9.17, 15) is 0 Å². The molecule has 26 heavy (non-hydrogen) atoms. The minimum atomic E-state index is 0.618. The lowest BCUT2D eigenvalue weighted by Crippen LogP contribution is -2.04. The predicted octanol–water partition coefficient (Wildman–Crippen LogP) is 3.57. The van der Waals surface area contributed by atoms with Gasteiger partial charge in [-0.2, -0.15) is 0 Å². The van der Waals surface area contributed by atoms with Gasteiger partial charge in [0.1, 0.15) is 5.75 Å². The maximum Gasteiger partial charge on any atom is 0.209 e. The van der Waals surface area contributed by atoms with Crippen molar-refractivity contribution in [3.63, 3.8) is 0 Å². The summed E-state index contributed by atoms with van der Waals surface area (Å²) in [5.74, 6) is 1.60. The summed E-state index contributed by atoms with van der Waals surface area (Å²) in [4.78, 5) is 4.50. The van der Waals surface area contributed by atoms with Crippen LogP contribution in [0.3, 0.4) is 0 Å². The van der Waals surface area contributed by atoms with E-state index in [1.807, 2.05) is 41.2 Å². The van der Waals surface area contributed by atoms with Gasteiger partial charge >= 0.3 is 0 Å². The molecule has 0 amide bonds. The molecule has 0 aliphatic carbocycles. The number of benzene rings is 2. The third kappa shape index (κ3) is 3.52. The lowest BCUT2D eigenvalue weighted by Gasteiger charge is -2.07. The first-order valence-electron chi connectivity index (χ1n) is 8.18. The van der Waals surface area contributed by atoms with Crippen LogP contribution < -0.4 is 4.74 Å². The van der Waals surface area contributed by atoms with Crippen molar-refractivity contribution >= 4 is 22.7 Å². The van der Waals surface area contributed by atoms with Crippen molar-refractivity contribution in [2.24, 2.45) is 0 Å². The molecule has 7 heteroatoms. The second kappa shape index (κ2) is 7.53. The molecule has 0 saturated heterocycles. The minimum Gasteiger partial charge on any atom is -0.497 e. The van der Waals surface area contributed by atoms with E-state index in [2.05, 4.69) is 44.8 Å². The van der Waals surface area contributed by atoms with Gasteiger partial charge in [-0.3, -0.25) is 4.98 Å². The SMILES string of the molecule is COc1ccc(Cn2nnnc2SCc2cccc3cccnc23)cc1. The van der Waals surface area contributed by atoms with Gasteiger partial charge in [0.05, 0.1) is 19.2 Å². The van der Waals surface area contributed by atoms with Crippen LogP contribution in [0.25, 0.3) is 10.9 Å². The smallest absolute Gasteiger partial charge is 0.209 e. The molecular weight excluding hydrogens is 346 g/mol. The molecule has 6 nitrogen and oxygen atoms in total. The number of ether oxygens (including phenoxy) is 1. The summed E-state index contributed by atoms with van der Waals surface area (Å²) in [6, 6.07) is 18.2. The van der Waals surface area contributed by atoms with Crippen LogP contribution in [0, 0.1) is 0 Å². The first-order chi connectivity index (χ1) is 12.8. The van der Waals surface area contributed by atoms with Crippen LogP contribution in [-0.4, -0.2) is 32.3 Å². The summed E-state index contributed by atoms with van der Waals surface area (Å²) in [6.07, 6.45) is 1.82. The molecule has 0 aliphatic heterocycles. The van der Waals surface area contributed by atoms with E-state index >= 15 is 0 Å². The van der Waals surface area contributed by atoms with Crippen LogP contribution in [-0.2, 0) is 12.3 Å². The van der Waals surface area contributed by atoms with Gasteiger partial charge in [0.25, 0.3) is 0 Å². The van der Waals surface area contributed by atoms with E-state index in [4.69, 9.17) is 4.74 Å². The van der Waals surface area contributed by atoms with E-state index in [0.717, 1.165) is 33.1 Å². The van der Waals surface area contributed by atoms with Crippen molar-refractivity contribution in [2.75, 3.05) is 7.11 Å². The molecule has 0 saturated carbocycles. The standard InChI is InChI=1S/C19H17N5OS/c1-25-17-9-7-14(8-10-17)12-24-19(21-22-23-24)26-13-16-5-2-4-15-6-3-11-20-18(15)16/h2-11H,12-13H2,1H3. The van der Waals surface area contributed by atoms with Crippen LogP contribution in [0.5, 0.6) is 5.75 Å². The number of nitrogens with zero attached hydrogens (tertiary/aromatic N) is 5. The predicted molar refractivity (Wildman–Crippen MR) is 101 cm³/mol. The average Bonchev–Trinajstić information content (AvgIpc) is 3.14. The number of aromatic nitrogens is 5. The average molecular weight is 363 g/mol. The summed E-state index contributed by atoms with van der Waals surface area (Å²) in [7, 11) is 1.66. The second-order valence-electron chi connectivity index (χ2n) is 5.75. The lowest BCUT2D eigenvalue weighted by atomic mass is 10.1. The molecule has 4 aromatic rings. The Morgan fingerprint density at radius 2 is 1.88 bits per heavy atom. The molecule has 0 bridgehead atoms. The minimum absolute atomic E-state index is 0.618. The largest absolute Gasteiger partial charge is 0.497 e. The lowest BCUT2D eigenvalue weighted by molar-refractivity contribution is 0.414. The fourth-order valence-corrected chi connectivity index (χ4v) is 3.59. The number of hydrogen-bond donors (Lipinski definition) is 0. The van der Waals surface area contributed by atoms with Crippen LogP contribution in [0.15, 0.2) is 66.0 Å². The molecule has 0 atom stereocenters. The normalized spacial score (nSPS) is 11.0. The first kappa shape index (κ1) is 16.5. The first-order valence-corrected chi connectivity index (χ1v) is 9.16. The number of pyridine rings is 1. The van der Waals surface area contributed by atoms with Gasteiger partial charge in [-0.05, 0) is 39.8 Å². The van der Waals surface area contributed by atoms with Crippen LogP contribution in [0.4, 0.5) is 0 Å². The number of tetrazole rings is 1. The molecule has 0 N–H and O–H groups in total. The number of rotatable bonds is 6. The highest BCUT2D eigenvalue weighted by molar-refractivity contribution is 7.98. The third-order valence-electron chi connectivity index (χ3n) is 4.06. The van der Waals surface area contributed by atoms with Gasteiger partial charge in [-0.25, -0.2) is 4.68 Å². The van der Waals surface area contributed by atoms with E-state index < -0.39 is 0 Å². The molecule has 2 heterocycles. The summed E-state index contributed by atoms with van der Waals surface area (Å²) in [5, 5.41) is 14.0. The molecule has 4 rings (SSSR count). The Balaban J connectivity index is 1.50. The Bertz CT molecular complexity index is 1010. The molecule has 0 unspecified atom stereocenters. The van der Waals surface area contributed by atoms with Gasteiger partial charge in [0.15, 0.2) is 0 Å². The monoisotopic (exact) mass is 363 g/mol. The van der Waals surface area contributed by atoms with Crippen molar-refractivity contribution in [3.05, 3.63) is 71.9 Å². The fraction of sp³-hybridized carbons (Fsp3) is 0.158. The number of methoxy groups -OCH3 is 1. The fourth-order valence-electron chi connectivity index (χ4n) is 2.73. The van der Waals surface area contributed by atoms with Crippen LogP contribution >= 0.6 is 11.8 Å². The quantitative estimate of drug-likeness (QED) is 0.488. The van der Waals surface area contributed by atoms with Gasteiger partial charge in [0.2, 0.25) is 5.16 Å². The molecule has 0 fully saturated rings. The zero-order valence-corrected chi connectivity index (χ0v) is 15.1. The molecule has 0 spiro atoms.